The van der Waals surface area contributed by atoms with Gasteiger partial charge in [-0.25, -0.2) is 0 Å². The molecule has 0 saturated heterocycles. The molecule has 0 heterocycles. The Morgan fingerprint density at radius 3 is 2.16 bits per heavy atom. The van der Waals surface area contributed by atoms with Crippen LogP contribution in [0.2, 0.25) is 0 Å². The monoisotopic (exact) mass is 357 g/mol. The Kier molecular flexibility index (Phi) is 5.54. The molecule has 0 unspecified atom stereocenters. The van der Waals surface area contributed by atoms with Gasteiger partial charge in [0.2, 0.25) is 0 Å². The average molecular weight is 357 g/mol. The molecule has 0 bridgehead atoms. The maximum atomic E-state index is 12.1. The summed E-state index contributed by atoms with van der Waals surface area (Å²) in [5.41, 5.74) is 1.90. The van der Waals surface area contributed by atoms with Gasteiger partial charge in [0.25, 0.3) is 16.0 Å². The van der Waals surface area contributed by atoms with Crippen LogP contribution < -0.4 is 10.6 Å². The van der Waals surface area contributed by atoms with Crippen LogP contribution in [-0.4, -0.2) is 18.9 Å². The fourth-order valence-corrected chi connectivity index (χ4v) is 2.34. The van der Waals surface area contributed by atoms with Gasteiger partial charge in [0, 0.05) is 17.6 Å². The third kappa shape index (κ3) is 5.17. The first-order chi connectivity index (χ1) is 11.8. The minimum absolute atomic E-state index is 0.153. The van der Waals surface area contributed by atoms with E-state index in [2.05, 4.69) is 10.6 Å². The third-order valence-electron chi connectivity index (χ3n) is 3.21. The maximum Gasteiger partial charge on any atom is 0.294 e. The van der Waals surface area contributed by atoms with Gasteiger partial charge in [-0.2, -0.15) is 13.7 Å². The molecular weight excluding hydrogens is 342 g/mol. The Morgan fingerprint density at radius 1 is 1.08 bits per heavy atom. The molecular formula is C17H15N3O4S. The van der Waals surface area contributed by atoms with Crippen LogP contribution in [0, 0.1) is 18.3 Å². The van der Waals surface area contributed by atoms with Gasteiger partial charge < -0.3 is 10.6 Å². The second-order valence-corrected chi connectivity index (χ2v) is 6.56. The van der Waals surface area contributed by atoms with Crippen LogP contribution in [0.15, 0.2) is 65.2 Å². The summed E-state index contributed by atoms with van der Waals surface area (Å²) < 4.78 is 30.8. The van der Waals surface area contributed by atoms with Crippen molar-refractivity contribution < 1.29 is 17.8 Å². The van der Waals surface area contributed by atoms with Gasteiger partial charge >= 0.3 is 0 Å². The molecule has 8 heteroatoms. The Labute approximate surface area is 145 Å². The van der Waals surface area contributed by atoms with Crippen molar-refractivity contribution in [3.05, 3.63) is 65.9 Å². The van der Waals surface area contributed by atoms with Crippen molar-refractivity contribution in [2.45, 2.75) is 11.8 Å². The molecule has 0 atom stereocenters. The summed E-state index contributed by atoms with van der Waals surface area (Å²) in [4.78, 5) is 11.8. The minimum atomic E-state index is -4.27. The quantitative estimate of drug-likeness (QED) is 0.430. The highest BCUT2D eigenvalue weighted by atomic mass is 32.2. The van der Waals surface area contributed by atoms with Gasteiger partial charge in [-0.05, 0) is 43.3 Å². The minimum Gasteiger partial charge on any atom is -0.360 e. The lowest BCUT2D eigenvalue weighted by molar-refractivity contribution is -0.112. The van der Waals surface area contributed by atoms with Crippen LogP contribution >= 0.6 is 0 Å². The van der Waals surface area contributed by atoms with Crippen molar-refractivity contribution in [1.82, 2.24) is 0 Å². The number of benzene rings is 2. The lowest BCUT2D eigenvalue weighted by atomic mass is 10.2. The summed E-state index contributed by atoms with van der Waals surface area (Å²) in [5, 5.41) is 14.4. The number of carbonyl (C=O) groups is 1. The summed E-state index contributed by atoms with van der Waals surface area (Å²) in [6.45, 7) is 1.92. The summed E-state index contributed by atoms with van der Waals surface area (Å²) in [7, 11) is -4.27. The Bertz CT molecular complexity index is 941. The van der Waals surface area contributed by atoms with E-state index >= 15 is 0 Å². The number of nitrogens with zero attached hydrogens (tertiary/aromatic N) is 1. The number of nitriles is 1. The summed E-state index contributed by atoms with van der Waals surface area (Å²) >= 11 is 0. The molecule has 0 aliphatic carbocycles. The second-order valence-electron chi connectivity index (χ2n) is 5.13. The summed E-state index contributed by atoms with van der Waals surface area (Å²) in [6, 6.07) is 14.1. The highest BCUT2D eigenvalue weighted by Crippen LogP contribution is 2.14. The first-order valence-electron chi connectivity index (χ1n) is 7.12. The molecule has 0 aliphatic rings. The fourth-order valence-electron chi connectivity index (χ4n) is 1.86. The highest BCUT2D eigenvalue weighted by Gasteiger charge is 2.10. The number of hydrogen-bond acceptors (Lipinski definition) is 5. The Hall–Kier alpha value is -3.15. The van der Waals surface area contributed by atoms with E-state index in [9.17, 15) is 13.2 Å². The van der Waals surface area contributed by atoms with Crippen LogP contribution in [0.5, 0.6) is 0 Å². The number of nitrogens with one attached hydrogen (secondary N) is 2. The molecule has 0 fully saturated rings. The van der Waals surface area contributed by atoms with Crippen molar-refractivity contribution in [2.24, 2.45) is 0 Å². The predicted molar refractivity (Wildman–Crippen MR) is 93.4 cm³/mol. The van der Waals surface area contributed by atoms with E-state index < -0.39 is 16.0 Å². The largest absolute Gasteiger partial charge is 0.360 e. The zero-order valence-electron chi connectivity index (χ0n) is 13.2. The molecule has 25 heavy (non-hydrogen) atoms. The van der Waals surface area contributed by atoms with Crippen LogP contribution in [0.25, 0.3) is 0 Å². The van der Waals surface area contributed by atoms with Crippen LogP contribution in [0.4, 0.5) is 11.4 Å². The molecule has 2 aromatic rings. The van der Waals surface area contributed by atoms with Crippen molar-refractivity contribution in [1.29, 1.82) is 5.26 Å². The average Bonchev–Trinajstić information content (AvgIpc) is 2.57. The number of anilines is 2. The van der Waals surface area contributed by atoms with E-state index in [1.54, 1.807) is 18.2 Å². The van der Waals surface area contributed by atoms with E-state index in [4.69, 9.17) is 9.81 Å². The third-order valence-corrected chi connectivity index (χ3v) is 4.08. The van der Waals surface area contributed by atoms with Gasteiger partial charge in [0.05, 0.1) is 4.90 Å². The van der Waals surface area contributed by atoms with Gasteiger partial charge in [-0.1, -0.05) is 17.7 Å². The van der Waals surface area contributed by atoms with Gasteiger partial charge in [0.1, 0.15) is 11.6 Å². The van der Waals surface area contributed by atoms with Gasteiger partial charge in [-0.3, -0.25) is 9.35 Å². The van der Waals surface area contributed by atoms with Crippen LogP contribution in [0.3, 0.4) is 0 Å². The van der Waals surface area contributed by atoms with Gasteiger partial charge in [-0.15, -0.1) is 0 Å². The summed E-state index contributed by atoms with van der Waals surface area (Å²) in [5.74, 6) is -0.576. The van der Waals surface area contributed by atoms with Crippen molar-refractivity contribution in [2.75, 3.05) is 10.6 Å². The molecule has 128 valence electrons. The first-order valence-corrected chi connectivity index (χ1v) is 8.56. The van der Waals surface area contributed by atoms with Gasteiger partial charge in [0.15, 0.2) is 0 Å². The smallest absolute Gasteiger partial charge is 0.294 e. The number of amides is 1. The molecule has 0 saturated carbocycles. The lowest BCUT2D eigenvalue weighted by Gasteiger charge is -2.06. The SMILES string of the molecule is Cc1ccc(NC(=O)/C(C#N)=C\Nc2ccc(S(=O)(=O)O)cc2)cc1. The summed E-state index contributed by atoms with van der Waals surface area (Å²) in [6.07, 6.45) is 1.21. The molecule has 0 spiro atoms. The second kappa shape index (κ2) is 7.61. The van der Waals surface area contributed by atoms with Crippen molar-refractivity contribution in [3.63, 3.8) is 0 Å². The Morgan fingerprint density at radius 2 is 1.64 bits per heavy atom. The van der Waals surface area contributed by atoms with E-state index in [0.29, 0.717) is 11.4 Å². The van der Waals surface area contributed by atoms with E-state index in [1.807, 2.05) is 19.1 Å². The first kappa shape index (κ1) is 18.2. The molecule has 1 amide bonds. The fraction of sp³-hybridized carbons (Fsp3) is 0.0588. The normalized spacial score (nSPS) is 11.5. The number of carbonyl (C=O) groups excluding carboxylic acids is 1. The zero-order chi connectivity index (χ0) is 18.4. The predicted octanol–water partition coefficient (Wildman–Crippen LogP) is 2.70. The molecule has 2 rings (SSSR count). The van der Waals surface area contributed by atoms with Crippen molar-refractivity contribution in [3.8, 4) is 6.07 Å². The molecule has 0 aliphatic heterocycles. The molecule has 3 N–H and O–H groups in total. The van der Waals surface area contributed by atoms with Crippen LogP contribution in [-0.2, 0) is 14.9 Å². The van der Waals surface area contributed by atoms with E-state index in [-0.39, 0.29) is 10.5 Å². The van der Waals surface area contributed by atoms with E-state index in [1.165, 1.54) is 30.5 Å². The molecule has 2 aromatic carbocycles. The molecule has 0 radical (unpaired) electrons. The lowest BCUT2D eigenvalue weighted by Crippen LogP contribution is -2.14. The Balaban J connectivity index is 2.08. The standard InChI is InChI=1S/C17H15N3O4S/c1-12-2-4-15(5-3-12)20-17(21)13(10-18)11-19-14-6-8-16(9-7-14)25(22,23)24/h2-9,11,19H,1H3,(H,20,21)(H,22,23,24)/b13-11-. The number of rotatable bonds is 5. The molecule has 7 nitrogen and oxygen atoms in total. The highest BCUT2D eigenvalue weighted by molar-refractivity contribution is 7.85. The van der Waals surface area contributed by atoms with Crippen LogP contribution in [0.1, 0.15) is 5.56 Å². The number of hydrogen-bond donors (Lipinski definition) is 3. The van der Waals surface area contributed by atoms with E-state index in [0.717, 1.165) is 5.56 Å². The zero-order valence-corrected chi connectivity index (χ0v) is 14.0. The molecule has 0 aromatic heterocycles. The maximum absolute atomic E-state index is 12.1. The number of aryl methyl sites for hydroxylation is 1. The topological polar surface area (TPSA) is 119 Å². The van der Waals surface area contributed by atoms with Crippen molar-refractivity contribution >= 4 is 27.4 Å².